The summed E-state index contributed by atoms with van der Waals surface area (Å²) in [5.74, 6) is 1.19. The van der Waals surface area contributed by atoms with Gasteiger partial charge < -0.3 is 14.5 Å². The van der Waals surface area contributed by atoms with E-state index in [9.17, 15) is 4.79 Å². The van der Waals surface area contributed by atoms with Gasteiger partial charge in [-0.05, 0) is 32.3 Å². The van der Waals surface area contributed by atoms with E-state index in [1.165, 1.54) is 25.6 Å². The number of piperidine rings is 1. The van der Waals surface area contributed by atoms with Crippen LogP contribution in [0.3, 0.4) is 0 Å². The van der Waals surface area contributed by atoms with Crippen LogP contribution < -0.4 is 15.0 Å². The lowest BCUT2D eigenvalue weighted by molar-refractivity contribution is -0.0206. The van der Waals surface area contributed by atoms with Crippen molar-refractivity contribution < 1.29 is 9.47 Å². The van der Waals surface area contributed by atoms with Crippen LogP contribution in [0.25, 0.3) is 10.9 Å². The molecule has 2 aromatic rings. The molecular weight excluding hydrogens is 306 g/mol. The van der Waals surface area contributed by atoms with Crippen molar-refractivity contribution in [2.75, 3.05) is 13.7 Å². The summed E-state index contributed by atoms with van der Waals surface area (Å²) >= 11 is 0. The zero-order chi connectivity index (χ0) is 17.1. The molecule has 0 bridgehead atoms. The number of rotatable bonds is 5. The molecule has 1 aromatic heterocycles. The van der Waals surface area contributed by atoms with E-state index in [-0.39, 0.29) is 11.8 Å². The lowest BCUT2D eigenvalue weighted by Crippen LogP contribution is -2.47. The lowest BCUT2D eigenvalue weighted by atomic mass is 10.0. The van der Waals surface area contributed by atoms with Gasteiger partial charge >= 0.3 is 0 Å². The van der Waals surface area contributed by atoms with Crippen molar-refractivity contribution in [1.82, 2.24) is 14.9 Å². The monoisotopic (exact) mass is 331 g/mol. The molecule has 6 nitrogen and oxygen atoms in total. The molecule has 0 spiro atoms. The van der Waals surface area contributed by atoms with Gasteiger partial charge in [0.25, 0.3) is 5.56 Å². The van der Waals surface area contributed by atoms with E-state index in [4.69, 9.17) is 9.47 Å². The molecule has 2 heterocycles. The van der Waals surface area contributed by atoms with Crippen molar-refractivity contribution in [2.45, 2.75) is 51.8 Å². The summed E-state index contributed by atoms with van der Waals surface area (Å²) < 4.78 is 11.7. The molecule has 0 saturated carbocycles. The summed E-state index contributed by atoms with van der Waals surface area (Å²) in [6.45, 7) is 5.43. The number of ether oxygens (including phenoxy) is 2. The van der Waals surface area contributed by atoms with Crippen LogP contribution in [0.1, 0.15) is 39.5 Å². The highest BCUT2D eigenvalue weighted by atomic mass is 16.5. The summed E-state index contributed by atoms with van der Waals surface area (Å²) in [4.78, 5) is 21.2. The highest BCUT2D eigenvalue weighted by molar-refractivity contribution is 5.81. The van der Waals surface area contributed by atoms with Gasteiger partial charge in [-0.1, -0.05) is 13.3 Å². The van der Waals surface area contributed by atoms with Gasteiger partial charge in [-0.2, -0.15) is 0 Å². The Balaban J connectivity index is 1.94. The normalized spacial score (nSPS) is 20.0. The third-order valence-electron chi connectivity index (χ3n) is 4.76. The van der Waals surface area contributed by atoms with E-state index < -0.39 is 0 Å². The zero-order valence-corrected chi connectivity index (χ0v) is 14.5. The van der Waals surface area contributed by atoms with Crippen LogP contribution in [-0.4, -0.2) is 40.8 Å². The van der Waals surface area contributed by atoms with Gasteiger partial charge in [0.05, 0.1) is 24.3 Å². The van der Waals surface area contributed by atoms with Gasteiger partial charge in [-0.15, -0.1) is 0 Å². The van der Waals surface area contributed by atoms with Crippen molar-refractivity contribution in [3.63, 3.8) is 0 Å². The molecule has 0 amide bonds. The summed E-state index contributed by atoms with van der Waals surface area (Å²) in [6, 6.07) is 4.00. The SMILES string of the molecule is CCC(Oc1cc2nc[nH]c(=O)c2cc1OC)N1CCCCC1C. The molecule has 0 aliphatic carbocycles. The Morgan fingerprint density at radius 3 is 2.92 bits per heavy atom. The Morgan fingerprint density at radius 2 is 2.21 bits per heavy atom. The fourth-order valence-electron chi connectivity index (χ4n) is 3.41. The number of aromatic nitrogens is 2. The highest BCUT2D eigenvalue weighted by Gasteiger charge is 2.27. The van der Waals surface area contributed by atoms with E-state index >= 15 is 0 Å². The van der Waals surface area contributed by atoms with Crippen molar-refractivity contribution in [2.24, 2.45) is 0 Å². The van der Waals surface area contributed by atoms with Gasteiger partial charge in [0, 0.05) is 18.7 Å². The molecule has 2 atom stereocenters. The maximum Gasteiger partial charge on any atom is 0.258 e. The van der Waals surface area contributed by atoms with Crippen LogP contribution in [0.5, 0.6) is 11.5 Å². The van der Waals surface area contributed by atoms with Crippen LogP contribution in [-0.2, 0) is 0 Å². The van der Waals surface area contributed by atoms with E-state index in [1.54, 1.807) is 19.2 Å². The molecule has 1 aliphatic heterocycles. The number of hydrogen-bond donors (Lipinski definition) is 1. The number of hydrogen-bond acceptors (Lipinski definition) is 5. The maximum absolute atomic E-state index is 11.9. The standard InChI is InChI=1S/C18H25N3O3/c1-4-17(21-8-6-5-7-12(21)2)24-16-10-14-13(9-15(16)23-3)18(22)20-11-19-14/h9-12,17H,4-8H2,1-3H3,(H,19,20,22). The van der Waals surface area contributed by atoms with Crippen molar-refractivity contribution in [3.05, 3.63) is 28.8 Å². The Labute approximate surface area is 141 Å². The minimum absolute atomic E-state index is 0.00588. The van der Waals surface area contributed by atoms with E-state index in [1.807, 2.05) is 0 Å². The van der Waals surface area contributed by atoms with Gasteiger partial charge in [0.1, 0.15) is 0 Å². The Kier molecular flexibility index (Phi) is 5.04. The van der Waals surface area contributed by atoms with Crippen LogP contribution in [0, 0.1) is 0 Å². The summed E-state index contributed by atoms with van der Waals surface area (Å²) in [7, 11) is 1.59. The third-order valence-corrected chi connectivity index (χ3v) is 4.76. The molecule has 1 fully saturated rings. The topological polar surface area (TPSA) is 67.4 Å². The van der Waals surface area contributed by atoms with Crippen LogP contribution in [0.15, 0.2) is 23.3 Å². The van der Waals surface area contributed by atoms with Crippen molar-refractivity contribution in [3.8, 4) is 11.5 Å². The molecule has 0 radical (unpaired) electrons. The number of fused-ring (bicyclic) bond motifs is 1. The summed E-state index contributed by atoms with van der Waals surface area (Å²) in [5, 5.41) is 0.501. The summed E-state index contributed by atoms with van der Waals surface area (Å²) in [6.07, 6.45) is 5.97. The van der Waals surface area contributed by atoms with Gasteiger partial charge in [0.15, 0.2) is 17.7 Å². The average Bonchev–Trinajstić information content (AvgIpc) is 2.60. The number of aromatic amines is 1. The molecule has 24 heavy (non-hydrogen) atoms. The second-order valence-corrected chi connectivity index (χ2v) is 6.32. The lowest BCUT2D eigenvalue weighted by Gasteiger charge is -2.39. The first-order valence-electron chi connectivity index (χ1n) is 8.62. The van der Waals surface area contributed by atoms with Gasteiger partial charge in [0.2, 0.25) is 0 Å². The molecule has 3 rings (SSSR count). The van der Waals surface area contributed by atoms with Crippen LogP contribution in [0.4, 0.5) is 0 Å². The maximum atomic E-state index is 11.9. The van der Waals surface area contributed by atoms with Crippen molar-refractivity contribution in [1.29, 1.82) is 0 Å². The molecule has 1 N–H and O–H groups in total. The fourth-order valence-corrected chi connectivity index (χ4v) is 3.41. The number of nitrogens with one attached hydrogen (secondary N) is 1. The number of methoxy groups -OCH3 is 1. The first-order valence-corrected chi connectivity index (χ1v) is 8.62. The predicted molar refractivity (Wildman–Crippen MR) is 93.6 cm³/mol. The third kappa shape index (κ3) is 3.24. The quantitative estimate of drug-likeness (QED) is 0.912. The molecule has 130 valence electrons. The molecule has 6 heteroatoms. The largest absolute Gasteiger partial charge is 0.493 e. The van der Waals surface area contributed by atoms with Crippen molar-refractivity contribution >= 4 is 10.9 Å². The predicted octanol–water partition coefficient (Wildman–Crippen LogP) is 2.92. The number of H-pyrrole nitrogens is 1. The van der Waals surface area contributed by atoms with E-state index in [0.29, 0.717) is 28.4 Å². The van der Waals surface area contributed by atoms with E-state index in [0.717, 1.165) is 13.0 Å². The molecule has 2 unspecified atom stereocenters. The smallest absolute Gasteiger partial charge is 0.258 e. The minimum Gasteiger partial charge on any atom is -0.493 e. The van der Waals surface area contributed by atoms with Crippen LogP contribution >= 0.6 is 0 Å². The van der Waals surface area contributed by atoms with E-state index in [2.05, 4.69) is 28.7 Å². The molecular formula is C18H25N3O3. The highest BCUT2D eigenvalue weighted by Crippen LogP contribution is 2.33. The number of likely N-dealkylation sites (tertiary alicyclic amines) is 1. The molecule has 1 aromatic carbocycles. The average molecular weight is 331 g/mol. The second kappa shape index (κ2) is 7.21. The number of nitrogens with zero attached hydrogens (tertiary/aromatic N) is 2. The van der Waals surface area contributed by atoms with Crippen LogP contribution in [0.2, 0.25) is 0 Å². The zero-order valence-electron chi connectivity index (χ0n) is 14.5. The summed E-state index contributed by atoms with van der Waals surface area (Å²) in [5.41, 5.74) is 0.428. The first kappa shape index (κ1) is 16.8. The fraction of sp³-hybridized carbons (Fsp3) is 0.556. The Hall–Kier alpha value is -2.08. The minimum atomic E-state index is -0.179. The Morgan fingerprint density at radius 1 is 1.38 bits per heavy atom. The molecule has 1 aliphatic rings. The van der Waals surface area contributed by atoms with Gasteiger partial charge in [-0.25, -0.2) is 4.98 Å². The second-order valence-electron chi connectivity index (χ2n) is 6.32. The number of benzene rings is 1. The Bertz CT molecular complexity index is 759. The molecule has 1 saturated heterocycles. The van der Waals surface area contributed by atoms with Gasteiger partial charge in [-0.3, -0.25) is 9.69 Å². The first-order chi connectivity index (χ1) is 11.6.